The number of anilines is 1. The fraction of sp³-hybridized carbons (Fsp3) is 0.300. The molecule has 0 aliphatic carbocycles. The Kier molecular flexibility index (Phi) is 4.27. The van der Waals surface area contributed by atoms with Gasteiger partial charge in [0.2, 0.25) is 0 Å². The Balaban J connectivity index is 2.64. The molecule has 0 aliphatic heterocycles. The van der Waals surface area contributed by atoms with Crippen LogP contribution in [0.5, 0.6) is 0 Å². The third kappa shape index (κ3) is 3.45. The van der Waals surface area contributed by atoms with Gasteiger partial charge in [-0.2, -0.15) is 0 Å². The number of rotatable bonds is 3. The van der Waals surface area contributed by atoms with E-state index in [-0.39, 0.29) is 0 Å². The second-order valence-electron chi connectivity index (χ2n) is 3.52. The van der Waals surface area contributed by atoms with Crippen LogP contribution in [0.25, 0.3) is 0 Å². The average Bonchev–Trinajstić information content (AvgIpc) is 2.58. The van der Waals surface area contributed by atoms with Crippen molar-refractivity contribution in [2.45, 2.75) is 20.0 Å². The molecule has 0 bridgehead atoms. The molecule has 0 aliphatic rings. The predicted octanol–water partition coefficient (Wildman–Crippen LogP) is 0.379. The summed E-state index contributed by atoms with van der Waals surface area (Å²) < 4.78 is 4.86. The summed E-state index contributed by atoms with van der Waals surface area (Å²) in [4.78, 5) is 34.5. The van der Waals surface area contributed by atoms with Crippen molar-refractivity contribution < 1.29 is 19.1 Å². The summed E-state index contributed by atoms with van der Waals surface area (Å²) in [5.74, 6) is -1.45. The highest BCUT2D eigenvalue weighted by molar-refractivity contribution is 7.14. The average molecular weight is 271 g/mol. The number of hydrogen-bond donors (Lipinski definition) is 3. The first-order chi connectivity index (χ1) is 8.31. The van der Waals surface area contributed by atoms with Crippen molar-refractivity contribution in [2.24, 2.45) is 5.73 Å². The first kappa shape index (κ1) is 14.0. The summed E-state index contributed by atoms with van der Waals surface area (Å²) in [6.07, 6.45) is -1.12. The number of nitrogens with one attached hydrogen (secondary N) is 1. The van der Waals surface area contributed by atoms with Gasteiger partial charge in [-0.25, -0.2) is 9.59 Å². The number of hydrogen-bond acceptors (Lipinski definition) is 6. The van der Waals surface area contributed by atoms with Crippen LogP contribution in [0, 0.1) is 6.92 Å². The van der Waals surface area contributed by atoms with Gasteiger partial charge >= 0.3 is 12.0 Å². The molecule has 1 atom stereocenters. The molecule has 1 aromatic rings. The van der Waals surface area contributed by atoms with Crippen LogP contribution in [-0.2, 0) is 9.53 Å². The van der Waals surface area contributed by atoms with Gasteiger partial charge in [-0.15, -0.1) is 11.3 Å². The molecule has 18 heavy (non-hydrogen) atoms. The minimum atomic E-state index is -1.12. The summed E-state index contributed by atoms with van der Waals surface area (Å²) in [5, 5.41) is 1.82. The van der Waals surface area contributed by atoms with Crippen LogP contribution in [0.15, 0.2) is 6.07 Å². The molecule has 0 aromatic carbocycles. The summed E-state index contributed by atoms with van der Waals surface area (Å²) in [6.45, 7) is 3.10. The lowest BCUT2D eigenvalue weighted by Crippen LogP contribution is -2.42. The third-order valence-corrected chi connectivity index (χ3v) is 3.10. The molecule has 1 heterocycles. The SMILES string of the molecule is Cc1sc(C(=O)OC(C)C(=O)NC(N)=O)cc1N. The van der Waals surface area contributed by atoms with Crippen LogP contribution in [0.3, 0.4) is 0 Å². The Morgan fingerprint density at radius 2 is 2.06 bits per heavy atom. The zero-order chi connectivity index (χ0) is 13.9. The molecule has 1 rings (SSSR count). The van der Waals surface area contributed by atoms with Crippen LogP contribution < -0.4 is 16.8 Å². The van der Waals surface area contributed by atoms with Gasteiger partial charge in [0.15, 0.2) is 6.10 Å². The van der Waals surface area contributed by atoms with E-state index in [0.29, 0.717) is 10.6 Å². The third-order valence-electron chi connectivity index (χ3n) is 2.06. The first-order valence-corrected chi connectivity index (χ1v) is 5.80. The molecule has 5 N–H and O–H groups in total. The number of aryl methyl sites for hydroxylation is 1. The number of imide groups is 1. The van der Waals surface area contributed by atoms with E-state index in [1.165, 1.54) is 24.3 Å². The van der Waals surface area contributed by atoms with E-state index in [1.807, 2.05) is 5.32 Å². The molecule has 0 saturated carbocycles. The highest BCUT2D eigenvalue weighted by Gasteiger charge is 2.21. The van der Waals surface area contributed by atoms with Gasteiger partial charge < -0.3 is 16.2 Å². The zero-order valence-electron chi connectivity index (χ0n) is 9.85. The summed E-state index contributed by atoms with van der Waals surface area (Å²) in [5.41, 5.74) is 10.9. The zero-order valence-corrected chi connectivity index (χ0v) is 10.7. The number of urea groups is 1. The Labute approximate surface area is 107 Å². The van der Waals surface area contributed by atoms with Gasteiger partial charge in [-0.1, -0.05) is 0 Å². The molecular weight excluding hydrogens is 258 g/mol. The van der Waals surface area contributed by atoms with Gasteiger partial charge in [0.25, 0.3) is 5.91 Å². The lowest BCUT2D eigenvalue weighted by molar-refractivity contribution is -0.127. The molecule has 1 aromatic heterocycles. The Morgan fingerprint density at radius 3 is 2.50 bits per heavy atom. The molecular formula is C10H13N3O4S. The highest BCUT2D eigenvalue weighted by Crippen LogP contribution is 2.24. The number of ether oxygens (including phenoxy) is 1. The molecule has 0 fully saturated rings. The second-order valence-corrected chi connectivity index (χ2v) is 4.78. The minimum Gasteiger partial charge on any atom is -0.448 e. The number of nitrogen functional groups attached to an aromatic ring is 1. The largest absolute Gasteiger partial charge is 0.448 e. The van der Waals surface area contributed by atoms with Crippen LogP contribution in [0.1, 0.15) is 21.5 Å². The van der Waals surface area contributed by atoms with Crippen molar-refractivity contribution in [2.75, 3.05) is 5.73 Å². The van der Waals surface area contributed by atoms with Crippen LogP contribution >= 0.6 is 11.3 Å². The van der Waals surface area contributed by atoms with Gasteiger partial charge in [0, 0.05) is 10.6 Å². The van der Waals surface area contributed by atoms with Crippen LogP contribution in [-0.4, -0.2) is 24.0 Å². The molecule has 1 unspecified atom stereocenters. The predicted molar refractivity (Wildman–Crippen MR) is 66.1 cm³/mol. The number of esters is 1. The van der Waals surface area contributed by atoms with Gasteiger partial charge in [-0.05, 0) is 19.9 Å². The maximum absolute atomic E-state index is 11.6. The van der Waals surface area contributed by atoms with Crippen LogP contribution in [0.2, 0.25) is 0 Å². The molecule has 0 radical (unpaired) electrons. The van der Waals surface area contributed by atoms with E-state index in [2.05, 4.69) is 0 Å². The smallest absolute Gasteiger partial charge is 0.349 e. The van der Waals surface area contributed by atoms with E-state index < -0.39 is 24.0 Å². The fourth-order valence-electron chi connectivity index (χ4n) is 1.09. The van der Waals surface area contributed by atoms with Crippen molar-refractivity contribution in [1.29, 1.82) is 0 Å². The van der Waals surface area contributed by atoms with Crippen molar-refractivity contribution in [3.05, 3.63) is 15.8 Å². The van der Waals surface area contributed by atoms with Gasteiger partial charge in [0.05, 0.1) is 0 Å². The first-order valence-electron chi connectivity index (χ1n) is 4.98. The lowest BCUT2D eigenvalue weighted by Gasteiger charge is -2.10. The summed E-state index contributed by atoms with van der Waals surface area (Å²) >= 11 is 1.17. The molecule has 8 heteroatoms. The number of carbonyl (C=O) groups is 3. The lowest BCUT2D eigenvalue weighted by atomic mass is 10.3. The number of amides is 3. The Morgan fingerprint density at radius 1 is 1.44 bits per heavy atom. The molecule has 0 saturated heterocycles. The van der Waals surface area contributed by atoms with Crippen molar-refractivity contribution >= 4 is 34.9 Å². The molecule has 98 valence electrons. The van der Waals surface area contributed by atoms with Crippen molar-refractivity contribution in [3.63, 3.8) is 0 Å². The molecule has 7 nitrogen and oxygen atoms in total. The van der Waals surface area contributed by atoms with E-state index in [4.69, 9.17) is 16.2 Å². The van der Waals surface area contributed by atoms with Gasteiger partial charge in [0.1, 0.15) is 4.88 Å². The highest BCUT2D eigenvalue weighted by atomic mass is 32.1. The number of primary amides is 1. The maximum atomic E-state index is 11.6. The molecule has 3 amide bonds. The Bertz CT molecular complexity index is 478. The standard InChI is InChI=1S/C10H13N3O4S/c1-4(8(14)13-10(12)16)17-9(15)7-3-6(11)5(2)18-7/h3-4H,11H2,1-2H3,(H3,12,13,14,16). The van der Waals surface area contributed by atoms with Crippen molar-refractivity contribution in [3.8, 4) is 0 Å². The maximum Gasteiger partial charge on any atom is 0.349 e. The second kappa shape index (κ2) is 5.50. The van der Waals surface area contributed by atoms with E-state index in [9.17, 15) is 14.4 Å². The van der Waals surface area contributed by atoms with E-state index in [0.717, 1.165) is 4.88 Å². The van der Waals surface area contributed by atoms with Crippen molar-refractivity contribution in [1.82, 2.24) is 5.32 Å². The minimum absolute atomic E-state index is 0.295. The van der Waals surface area contributed by atoms with Crippen LogP contribution in [0.4, 0.5) is 10.5 Å². The van der Waals surface area contributed by atoms with E-state index >= 15 is 0 Å². The summed E-state index contributed by atoms with van der Waals surface area (Å²) in [6, 6.07) is 0.472. The number of carbonyl (C=O) groups excluding carboxylic acids is 3. The number of thiophene rings is 1. The summed E-state index contributed by atoms with van der Waals surface area (Å²) in [7, 11) is 0. The quantitative estimate of drug-likeness (QED) is 0.685. The number of nitrogens with two attached hydrogens (primary N) is 2. The molecule has 0 spiro atoms. The van der Waals surface area contributed by atoms with Gasteiger partial charge in [-0.3, -0.25) is 10.1 Å². The Hall–Kier alpha value is -2.09. The normalized spacial score (nSPS) is 11.7. The fourth-order valence-corrected chi connectivity index (χ4v) is 1.92. The topological polar surface area (TPSA) is 125 Å². The monoisotopic (exact) mass is 271 g/mol. The van der Waals surface area contributed by atoms with E-state index in [1.54, 1.807) is 6.92 Å².